The van der Waals surface area contributed by atoms with E-state index in [9.17, 15) is 4.79 Å². The number of piperidine rings is 1. The van der Waals surface area contributed by atoms with E-state index in [1.165, 1.54) is 0 Å². The topological polar surface area (TPSA) is 41.6 Å². The lowest BCUT2D eigenvalue weighted by Crippen LogP contribution is -2.46. The van der Waals surface area contributed by atoms with Crippen LogP contribution in [0.5, 0.6) is 0 Å². The van der Waals surface area contributed by atoms with E-state index in [2.05, 4.69) is 5.32 Å². The molecular weight excluding hydrogens is 312 g/mol. The Bertz CT molecular complexity index is 586. The van der Waals surface area contributed by atoms with Gasteiger partial charge in [-0.15, -0.1) is 0 Å². The van der Waals surface area contributed by atoms with Crippen molar-refractivity contribution >= 4 is 23.2 Å². The van der Waals surface area contributed by atoms with Crippen molar-refractivity contribution in [3.63, 3.8) is 0 Å². The molecule has 23 heavy (non-hydrogen) atoms. The maximum atomic E-state index is 12.7. The zero-order chi connectivity index (χ0) is 15.8. The van der Waals surface area contributed by atoms with Gasteiger partial charge in [-0.05, 0) is 44.2 Å². The smallest absolute Gasteiger partial charge is 0.228 e. The molecule has 3 heterocycles. The van der Waals surface area contributed by atoms with Gasteiger partial charge >= 0.3 is 0 Å². The molecule has 0 radical (unpaired) electrons. The molecule has 3 fully saturated rings. The number of halogens is 1. The number of nitrogens with zero attached hydrogens (tertiary/aromatic N) is 1. The summed E-state index contributed by atoms with van der Waals surface area (Å²) in [6.07, 6.45) is 5.60. The highest BCUT2D eigenvalue weighted by Gasteiger charge is 2.46. The summed E-state index contributed by atoms with van der Waals surface area (Å²) >= 11 is 6.20. The lowest BCUT2D eigenvalue weighted by molar-refractivity contribution is -0.138. The van der Waals surface area contributed by atoms with Crippen LogP contribution in [0.4, 0.5) is 5.69 Å². The third-order valence-corrected chi connectivity index (χ3v) is 5.79. The van der Waals surface area contributed by atoms with E-state index in [4.69, 9.17) is 16.3 Å². The number of para-hydroxylation sites is 1. The van der Waals surface area contributed by atoms with Crippen molar-refractivity contribution in [1.29, 1.82) is 0 Å². The van der Waals surface area contributed by atoms with E-state index in [1.54, 1.807) is 0 Å². The average molecular weight is 335 g/mol. The first-order valence-corrected chi connectivity index (χ1v) is 9.04. The van der Waals surface area contributed by atoms with E-state index in [1.807, 2.05) is 29.2 Å². The molecule has 1 amide bonds. The Balaban J connectivity index is 1.31. The molecule has 1 aromatic carbocycles. The fraction of sp³-hybridized carbons (Fsp3) is 0.611. The molecule has 2 bridgehead atoms. The maximum absolute atomic E-state index is 12.7. The van der Waals surface area contributed by atoms with Crippen LogP contribution >= 0.6 is 11.6 Å². The van der Waals surface area contributed by atoms with Crippen molar-refractivity contribution in [2.24, 2.45) is 5.92 Å². The minimum Gasteiger partial charge on any atom is -0.381 e. The highest BCUT2D eigenvalue weighted by atomic mass is 35.5. The summed E-state index contributed by atoms with van der Waals surface area (Å²) in [7, 11) is 0. The Labute approximate surface area is 142 Å². The van der Waals surface area contributed by atoms with Crippen LogP contribution in [0.2, 0.25) is 5.02 Å². The van der Waals surface area contributed by atoms with Gasteiger partial charge in [-0.25, -0.2) is 0 Å². The Hall–Kier alpha value is -1.26. The van der Waals surface area contributed by atoms with Crippen LogP contribution in [0.25, 0.3) is 0 Å². The van der Waals surface area contributed by atoms with E-state index in [0.717, 1.165) is 55.9 Å². The maximum Gasteiger partial charge on any atom is 0.228 e. The monoisotopic (exact) mass is 334 g/mol. The van der Waals surface area contributed by atoms with E-state index >= 15 is 0 Å². The fourth-order valence-electron chi connectivity index (χ4n) is 4.17. The molecule has 4 rings (SSSR count). The first kappa shape index (κ1) is 15.3. The van der Waals surface area contributed by atoms with Gasteiger partial charge in [0.15, 0.2) is 0 Å². The molecule has 3 saturated heterocycles. The minimum absolute atomic E-state index is 0.113. The number of nitrogens with one attached hydrogen (secondary N) is 1. The van der Waals surface area contributed by atoms with Gasteiger partial charge in [0.1, 0.15) is 0 Å². The summed E-state index contributed by atoms with van der Waals surface area (Å²) in [6, 6.07) is 8.22. The molecule has 0 spiro atoms. The van der Waals surface area contributed by atoms with Crippen LogP contribution in [0.1, 0.15) is 32.1 Å². The Morgan fingerprint density at radius 2 is 1.96 bits per heavy atom. The van der Waals surface area contributed by atoms with Crippen LogP contribution in [0.3, 0.4) is 0 Å². The van der Waals surface area contributed by atoms with E-state index < -0.39 is 0 Å². The predicted octanol–water partition coefficient (Wildman–Crippen LogP) is 3.31. The Kier molecular flexibility index (Phi) is 4.20. The van der Waals surface area contributed by atoms with Gasteiger partial charge in [0.25, 0.3) is 0 Å². The van der Waals surface area contributed by atoms with E-state index in [0.29, 0.717) is 18.1 Å². The first-order chi connectivity index (χ1) is 11.2. The molecule has 1 aromatic rings. The fourth-order valence-corrected chi connectivity index (χ4v) is 4.36. The second kappa shape index (κ2) is 6.33. The number of carbonyl (C=O) groups excluding carboxylic acids is 1. The van der Waals surface area contributed by atoms with E-state index in [-0.39, 0.29) is 12.0 Å². The molecule has 3 unspecified atom stereocenters. The number of hydrogen-bond acceptors (Lipinski definition) is 3. The average Bonchev–Trinajstić information content (AvgIpc) is 3.20. The number of ether oxygens (including phenoxy) is 1. The number of likely N-dealkylation sites (tertiary alicyclic amines) is 1. The van der Waals surface area contributed by atoms with Gasteiger partial charge < -0.3 is 15.0 Å². The number of rotatable bonds is 3. The molecule has 0 aromatic heterocycles. The number of amides is 1. The lowest BCUT2D eigenvalue weighted by atomic mass is 9.87. The summed E-state index contributed by atoms with van der Waals surface area (Å²) in [5, 5.41) is 4.27. The minimum atomic E-state index is 0.113. The second-order valence-corrected chi connectivity index (χ2v) is 7.35. The van der Waals surface area contributed by atoms with Crippen LogP contribution in [0, 0.1) is 5.92 Å². The van der Waals surface area contributed by atoms with Crippen molar-refractivity contribution < 1.29 is 9.53 Å². The largest absolute Gasteiger partial charge is 0.381 e. The zero-order valence-electron chi connectivity index (χ0n) is 13.2. The molecule has 0 saturated carbocycles. The lowest BCUT2D eigenvalue weighted by Gasteiger charge is -2.35. The van der Waals surface area contributed by atoms with Gasteiger partial charge in [-0.1, -0.05) is 23.7 Å². The number of fused-ring (bicyclic) bond motifs is 2. The van der Waals surface area contributed by atoms with Crippen molar-refractivity contribution in [1.82, 2.24) is 4.90 Å². The van der Waals surface area contributed by atoms with Gasteiger partial charge in [0.2, 0.25) is 5.91 Å². The van der Waals surface area contributed by atoms with Crippen LogP contribution < -0.4 is 5.32 Å². The molecule has 124 valence electrons. The molecule has 3 aliphatic rings. The van der Waals surface area contributed by atoms with Crippen LogP contribution in [-0.2, 0) is 9.53 Å². The SMILES string of the molecule is O=C(C1CC2CCC1O2)N1CCC(Nc2ccccc2Cl)CC1. The first-order valence-electron chi connectivity index (χ1n) is 8.66. The van der Waals surface area contributed by atoms with Gasteiger partial charge in [0, 0.05) is 19.1 Å². The van der Waals surface area contributed by atoms with Crippen molar-refractivity contribution in [2.75, 3.05) is 18.4 Å². The molecule has 5 heteroatoms. The molecule has 4 nitrogen and oxygen atoms in total. The Morgan fingerprint density at radius 3 is 2.61 bits per heavy atom. The van der Waals surface area contributed by atoms with Gasteiger partial charge in [-0.3, -0.25) is 4.79 Å². The van der Waals surface area contributed by atoms with Gasteiger partial charge in [-0.2, -0.15) is 0 Å². The van der Waals surface area contributed by atoms with Crippen LogP contribution in [0.15, 0.2) is 24.3 Å². The summed E-state index contributed by atoms with van der Waals surface area (Å²) in [4.78, 5) is 14.8. The number of carbonyl (C=O) groups is 1. The number of anilines is 1. The summed E-state index contributed by atoms with van der Waals surface area (Å²) in [5.41, 5.74) is 0.987. The van der Waals surface area contributed by atoms with Gasteiger partial charge in [0.05, 0.1) is 28.8 Å². The quantitative estimate of drug-likeness (QED) is 0.922. The highest BCUT2D eigenvalue weighted by molar-refractivity contribution is 6.33. The molecular formula is C18H23ClN2O2. The molecule has 3 aliphatic heterocycles. The van der Waals surface area contributed by atoms with Crippen molar-refractivity contribution in [3.05, 3.63) is 29.3 Å². The summed E-state index contributed by atoms with van der Waals surface area (Å²) in [6.45, 7) is 1.66. The third-order valence-electron chi connectivity index (χ3n) is 5.46. The number of benzene rings is 1. The van der Waals surface area contributed by atoms with Crippen LogP contribution in [-0.4, -0.2) is 42.1 Å². The van der Waals surface area contributed by atoms with Crippen molar-refractivity contribution in [2.45, 2.75) is 50.4 Å². The summed E-state index contributed by atoms with van der Waals surface area (Å²) < 4.78 is 5.84. The third kappa shape index (κ3) is 3.07. The Morgan fingerprint density at radius 1 is 1.17 bits per heavy atom. The highest BCUT2D eigenvalue weighted by Crippen LogP contribution is 2.40. The standard InChI is InChI=1S/C18H23ClN2O2/c19-15-3-1-2-4-16(15)20-12-7-9-21(10-8-12)18(22)14-11-13-5-6-17(14)23-13/h1-4,12-14,17,20H,5-11H2. The molecule has 0 aliphatic carbocycles. The zero-order valence-corrected chi connectivity index (χ0v) is 14.0. The number of hydrogen-bond donors (Lipinski definition) is 1. The summed E-state index contributed by atoms with van der Waals surface area (Å²) in [5.74, 6) is 0.426. The normalized spacial score (nSPS) is 30.7. The predicted molar refractivity (Wildman–Crippen MR) is 90.7 cm³/mol. The second-order valence-electron chi connectivity index (χ2n) is 6.94. The molecule has 1 N–H and O–H groups in total. The molecule has 3 atom stereocenters. The van der Waals surface area contributed by atoms with Crippen molar-refractivity contribution in [3.8, 4) is 0 Å².